The number of hydrogen-bond donors (Lipinski definition) is 1. The second-order valence-corrected chi connectivity index (χ2v) is 2.72. The van der Waals surface area contributed by atoms with Gasteiger partial charge in [-0.1, -0.05) is 18.2 Å². The number of hydrogen-bond acceptors (Lipinski definition) is 2. The van der Waals surface area contributed by atoms with Gasteiger partial charge in [-0.05, 0) is 19.1 Å². The Bertz CT molecular complexity index is 262. The molecule has 1 heterocycles. The molecule has 0 saturated carbocycles. The van der Waals surface area contributed by atoms with Crippen molar-refractivity contribution in [1.82, 2.24) is 5.32 Å². The Morgan fingerprint density at radius 3 is 3.08 bits per heavy atom. The van der Waals surface area contributed by atoms with Gasteiger partial charge in [0, 0.05) is 6.54 Å². The van der Waals surface area contributed by atoms with E-state index in [0.717, 1.165) is 12.3 Å². The Morgan fingerprint density at radius 2 is 2.54 bits per heavy atom. The third-order valence-electron chi connectivity index (χ3n) is 1.72. The Kier molecular flexibility index (Phi) is 4.06. The molecule has 0 spiro atoms. The first-order valence-corrected chi connectivity index (χ1v) is 4.39. The van der Waals surface area contributed by atoms with Crippen LogP contribution in [-0.4, -0.2) is 6.54 Å². The van der Waals surface area contributed by atoms with Gasteiger partial charge in [0.15, 0.2) is 0 Å². The molecule has 1 atom stereocenters. The van der Waals surface area contributed by atoms with E-state index in [1.807, 2.05) is 31.2 Å². The molecule has 70 valence electrons. The standard InChI is InChI=1S/C11H15NO/c1-3-6-10(12-8-4-2)11-7-5-9-13-11/h3-7,9-10,12H,2,8H2,1H3/b6-3-/t10-/m0/s1. The van der Waals surface area contributed by atoms with E-state index in [1.54, 1.807) is 6.26 Å². The van der Waals surface area contributed by atoms with Gasteiger partial charge < -0.3 is 9.73 Å². The van der Waals surface area contributed by atoms with Gasteiger partial charge in [0.1, 0.15) is 5.76 Å². The molecule has 0 aliphatic rings. The van der Waals surface area contributed by atoms with E-state index >= 15 is 0 Å². The fourth-order valence-corrected chi connectivity index (χ4v) is 1.13. The minimum Gasteiger partial charge on any atom is -0.467 e. The highest BCUT2D eigenvalue weighted by Crippen LogP contribution is 2.14. The smallest absolute Gasteiger partial charge is 0.124 e. The number of nitrogens with one attached hydrogen (secondary N) is 1. The molecule has 2 nitrogen and oxygen atoms in total. The zero-order valence-corrected chi connectivity index (χ0v) is 7.86. The summed E-state index contributed by atoms with van der Waals surface area (Å²) in [4.78, 5) is 0. The normalized spacial score (nSPS) is 13.3. The van der Waals surface area contributed by atoms with Crippen LogP contribution >= 0.6 is 0 Å². The minimum atomic E-state index is 0.151. The molecule has 0 aromatic carbocycles. The molecule has 0 bridgehead atoms. The Hall–Kier alpha value is -1.28. The highest BCUT2D eigenvalue weighted by atomic mass is 16.3. The van der Waals surface area contributed by atoms with Crippen LogP contribution in [0.15, 0.2) is 47.6 Å². The van der Waals surface area contributed by atoms with Crippen molar-refractivity contribution in [3.8, 4) is 0 Å². The molecule has 0 amide bonds. The Morgan fingerprint density at radius 1 is 1.69 bits per heavy atom. The highest BCUT2D eigenvalue weighted by Gasteiger charge is 2.07. The van der Waals surface area contributed by atoms with Gasteiger partial charge in [0.2, 0.25) is 0 Å². The van der Waals surface area contributed by atoms with Gasteiger partial charge in [-0.2, -0.15) is 0 Å². The van der Waals surface area contributed by atoms with Crippen LogP contribution in [0.1, 0.15) is 18.7 Å². The summed E-state index contributed by atoms with van der Waals surface area (Å²) >= 11 is 0. The summed E-state index contributed by atoms with van der Waals surface area (Å²) < 4.78 is 5.30. The van der Waals surface area contributed by atoms with Crippen LogP contribution in [0.2, 0.25) is 0 Å². The van der Waals surface area contributed by atoms with E-state index in [9.17, 15) is 0 Å². The van der Waals surface area contributed by atoms with E-state index in [0.29, 0.717) is 0 Å². The van der Waals surface area contributed by atoms with E-state index in [4.69, 9.17) is 4.42 Å². The van der Waals surface area contributed by atoms with Crippen molar-refractivity contribution in [3.63, 3.8) is 0 Å². The van der Waals surface area contributed by atoms with E-state index < -0.39 is 0 Å². The molecule has 0 unspecified atom stereocenters. The van der Waals surface area contributed by atoms with Crippen molar-refractivity contribution in [2.24, 2.45) is 0 Å². The molecule has 0 aliphatic heterocycles. The summed E-state index contributed by atoms with van der Waals surface area (Å²) in [5.41, 5.74) is 0. The Labute approximate surface area is 79.0 Å². The van der Waals surface area contributed by atoms with Crippen molar-refractivity contribution >= 4 is 0 Å². The predicted molar refractivity (Wildman–Crippen MR) is 54.5 cm³/mol. The summed E-state index contributed by atoms with van der Waals surface area (Å²) in [6, 6.07) is 4.00. The number of rotatable bonds is 5. The van der Waals surface area contributed by atoms with Gasteiger partial charge in [-0.3, -0.25) is 0 Å². The highest BCUT2D eigenvalue weighted by molar-refractivity contribution is 5.11. The minimum absolute atomic E-state index is 0.151. The van der Waals surface area contributed by atoms with Crippen LogP contribution in [0.5, 0.6) is 0 Å². The van der Waals surface area contributed by atoms with Gasteiger partial charge >= 0.3 is 0 Å². The fourth-order valence-electron chi connectivity index (χ4n) is 1.13. The topological polar surface area (TPSA) is 25.2 Å². The zero-order chi connectivity index (χ0) is 9.52. The lowest BCUT2D eigenvalue weighted by Crippen LogP contribution is -2.18. The van der Waals surface area contributed by atoms with Crippen LogP contribution in [0.3, 0.4) is 0 Å². The van der Waals surface area contributed by atoms with E-state index in [1.165, 1.54) is 0 Å². The molecule has 1 rings (SSSR count). The van der Waals surface area contributed by atoms with Crippen LogP contribution in [0.4, 0.5) is 0 Å². The lowest BCUT2D eigenvalue weighted by Gasteiger charge is -2.10. The molecule has 1 aromatic rings. The van der Waals surface area contributed by atoms with Crippen molar-refractivity contribution in [3.05, 3.63) is 49.0 Å². The molecule has 2 heteroatoms. The van der Waals surface area contributed by atoms with E-state index in [2.05, 4.69) is 18.0 Å². The molecule has 0 saturated heterocycles. The maximum Gasteiger partial charge on any atom is 0.124 e. The van der Waals surface area contributed by atoms with Crippen LogP contribution in [-0.2, 0) is 0 Å². The summed E-state index contributed by atoms with van der Waals surface area (Å²) in [5, 5.41) is 3.27. The first-order valence-electron chi connectivity index (χ1n) is 4.39. The maximum atomic E-state index is 5.30. The first kappa shape index (κ1) is 9.81. The van der Waals surface area contributed by atoms with Gasteiger partial charge in [0.05, 0.1) is 12.3 Å². The largest absolute Gasteiger partial charge is 0.467 e. The number of allylic oxidation sites excluding steroid dienone is 1. The third-order valence-corrected chi connectivity index (χ3v) is 1.72. The molecule has 13 heavy (non-hydrogen) atoms. The molecular weight excluding hydrogens is 162 g/mol. The molecule has 1 N–H and O–H groups in total. The number of furan rings is 1. The lowest BCUT2D eigenvalue weighted by molar-refractivity contribution is 0.462. The monoisotopic (exact) mass is 177 g/mol. The molecule has 0 radical (unpaired) electrons. The SMILES string of the molecule is C=CCN[C@@H](/C=C\C)c1ccco1. The van der Waals surface area contributed by atoms with Gasteiger partial charge in [-0.15, -0.1) is 6.58 Å². The van der Waals surface area contributed by atoms with Crippen LogP contribution < -0.4 is 5.32 Å². The fraction of sp³-hybridized carbons (Fsp3) is 0.273. The van der Waals surface area contributed by atoms with Crippen molar-refractivity contribution in [2.75, 3.05) is 6.54 Å². The molecule has 1 aromatic heterocycles. The first-order chi connectivity index (χ1) is 6.38. The average Bonchev–Trinajstić information content (AvgIpc) is 2.65. The maximum absolute atomic E-state index is 5.30. The van der Waals surface area contributed by atoms with E-state index in [-0.39, 0.29) is 6.04 Å². The van der Waals surface area contributed by atoms with Crippen molar-refractivity contribution in [2.45, 2.75) is 13.0 Å². The van der Waals surface area contributed by atoms with Crippen molar-refractivity contribution < 1.29 is 4.42 Å². The van der Waals surface area contributed by atoms with Gasteiger partial charge in [0.25, 0.3) is 0 Å². The van der Waals surface area contributed by atoms with Crippen molar-refractivity contribution in [1.29, 1.82) is 0 Å². The third kappa shape index (κ3) is 2.92. The molecule has 0 fully saturated rings. The second kappa shape index (κ2) is 5.38. The second-order valence-electron chi connectivity index (χ2n) is 2.72. The molecule has 0 aliphatic carbocycles. The summed E-state index contributed by atoms with van der Waals surface area (Å²) in [7, 11) is 0. The summed E-state index contributed by atoms with van der Waals surface area (Å²) in [5.74, 6) is 0.931. The van der Waals surface area contributed by atoms with Crippen LogP contribution in [0, 0.1) is 0 Å². The Balaban J connectivity index is 2.62. The zero-order valence-electron chi connectivity index (χ0n) is 7.86. The lowest BCUT2D eigenvalue weighted by atomic mass is 10.2. The average molecular weight is 177 g/mol. The van der Waals surface area contributed by atoms with Gasteiger partial charge in [-0.25, -0.2) is 0 Å². The quantitative estimate of drug-likeness (QED) is 0.699. The predicted octanol–water partition coefficient (Wildman–Crippen LogP) is 2.67. The summed E-state index contributed by atoms with van der Waals surface area (Å²) in [6.45, 7) is 6.42. The molecular formula is C11H15NO. The van der Waals surface area contributed by atoms with Crippen LogP contribution in [0.25, 0.3) is 0 Å². The summed E-state index contributed by atoms with van der Waals surface area (Å²) in [6.07, 6.45) is 7.58.